The van der Waals surface area contributed by atoms with Crippen molar-refractivity contribution < 1.29 is 0 Å². The molecule has 1 heterocycles. The fourth-order valence-electron chi connectivity index (χ4n) is 2.54. The van der Waals surface area contributed by atoms with E-state index in [1.807, 2.05) is 0 Å². The summed E-state index contributed by atoms with van der Waals surface area (Å²) in [6.45, 7) is 5.62. The van der Waals surface area contributed by atoms with Crippen molar-refractivity contribution in [2.75, 3.05) is 26.2 Å². The monoisotopic (exact) mass is 306 g/mol. The van der Waals surface area contributed by atoms with Gasteiger partial charge in [-0.2, -0.15) is 0 Å². The summed E-state index contributed by atoms with van der Waals surface area (Å²) >= 11 is 0. The molecule has 0 amide bonds. The van der Waals surface area contributed by atoms with Crippen LogP contribution in [0.15, 0.2) is 42.5 Å². The van der Waals surface area contributed by atoms with Crippen LogP contribution in [0.2, 0.25) is 0 Å². The minimum atomic E-state index is 0. The lowest BCUT2D eigenvalue weighted by Gasteiger charge is -2.27. The first-order valence-corrected chi connectivity index (χ1v) is 6.33. The number of hydrogen-bond donors (Lipinski definition) is 1. The highest BCUT2D eigenvalue weighted by Gasteiger charge is 2.10. The van der Waals surface area contributed by atoms with Gasteiger partial charge in [0, 0.05) is 32.7 Å². The molecule has 0 aliphatic carbocycles. The molecular formula is C15H19BrN2. The molecule has 3 rings (SSSR count). The quantitative estimate of drug-likeness (QED) is 0.918. The molecule has 3 heteroatoms. The van der Waals surface area contributed by atoms with Crippen molar-refractivity contribution in [2.24, 2.45) is 0 Å². The molecule has 1 aliphatic heterocycles. The van der Waals surface area contributed by atoms with E-state index in [1.54, 1.807) is 0 Å². The standard InChI is InChI=1S/C15H18N2.BrH/c1-2-7-15-13(4-1)5-3-6-14(15)12-17-10-8-16-9-11-17;/h1-7,16H,8-12H2;1H. The summed E-state index contributed by atoms with van der Waals surface area (Å²) in [5, 5.41) is 6.14. The molecular weight excluding hydrogens is 288 g/mol. The first-order valence-electron chi connectivity index (χ1n) is 6.33. The van der Waals surface area contributed by atoms with Gasteiger partial charge in [-0.3, -0.25) is 4.90 Å². The number of nitrogens with zero attached hydrogens (tertiary/aromatic N) is 1. The third-order valence-electron chi connectivity index (χ3n) is 3.48. The molecule has 0 unspecified atom stereocenters. The Hall–Kier alpha value is -0.900. The Morgan fingerprint density at radius 3 is 2.50 bits per heavy atom. The average Bonchev–Trinajstić information content (AvgIpc) is 2.40. The Morgan fingerprint density at radius 1 is 0.944 bits per heavy atom. The van der Waals surface area contributed by atoms with E-state index < -0.39 is 0 Å². The van der Waals surface area contributed by atoms with E-state index in [0.29, 0.717) is 0 Å². The van der Waals surface area contributed by atoms with Crippen molar-refractivity contribution in [3.63, 3.8) is 0 Å². The van der Waals surface area contributed by atoms with Crippen molar-refractivity contribution in [1.29, 1.82) is 0 Å². The van der Waals surface area contributed by atoms with Crippen LogP contribution >= 0.6 is 17.0 Å². The van der Waals surface area contributed by atoms with Gasteiger partial charge in [0.1, 0.15) is 0 Å². The first kappa shape index (κ1) is 13.5. The van der Waals surface area contributed by atoms with Crippen LogP contribution in [0, 0.1) is 0 Å². The van der Waals surface area contributed by atoms with E-state index in [0.717, 1.165) is 32.7 Å². The summed E-state index contributed by atoms with van der Waals surface area (Å²) in [5.41, 5.74) is 1.45. The van der Waals surface area contributed by atoms with Gasteiger partial charge < -0.3 is 5.32 Å². The Balaban J connectivity index is 0.00000120. The van der Waals surface area contributed by atoms with Crippen LogP contribution in [-0.4, -0.2) is 31.1 Å². The highest BCUT2D eigenvalue weighted by Crippen LogP contribution is 2.19. The zero-order valence-electron chi connectivity index (χ0n) is 10.4. The molecule has 0 aromatic heterocycles. The Morgan fingerprint density at radius 2 is 1.67 bits per heavy atom. The largest absolute Gasteiger partial charge is 0.314 e. The Labute approximate surface area is 119 Å². The van der Waals surface area contributed by atoms with E-state index in [2.05, 4.69) is 52.7 Å². The molecule has 0 spiro atoms. The lowest BCUT2D eigenvalue weighted by atomic mass is 10.0. The van der Waals surface area contributed by atoms with Gasteiger partial charge in [-0.05, 0) is 16.3 Å². The Kier molecular flexibility index (Phi) is 4.75. The zero-order chi connectivity index (χ0) is 11.5. The molecule has 1 saturated heterocycles. The van der Waals surface area contributed by atoms with Crippen LogP contribution in [-0.2, 0) is 6.54 Å². The molecule has 18 heavy (non-hydrogen) atoms. The van der Waals surface area contributed by atoms with E-state index in [1.165, 1.54) is 16.3 Å². The van der Waals surface area contributed by atoms with Gasteiger partial charge in [-0.15, -0.1) is 17.0 Å². The highest BCUT2D eigenvalue weighted by molar-refractivity contribution is 8.93. The first-order chi connectivity index (χ1) is 8.43. The summed E-state index contributed by atoms with van der Waals surface area (Å²) in [5.74, 6) is 0. The molecule has 1 N–H and O–H groups in total. The SMILES string of the molecule is Br.c1ccc2c(CN3CCNCC3)cccc2c1. The van der Waals surface area contributed by atoms with Gasteiger partial charge in [0.05, 0.1) is 0 Å². The van der Waals surface area contributed by atoms with Gasteiger partial charge in [0.2, 0.25) is 0 Å². The van der Waals surface area contributed by atoms with Crippen molar-refractivity contribution >= 4 is 27.8 Å². The minimum absolute atomic E-state index is 0. The van der Waals surface area contributed by atoms with E-state index in [-0.39, 0.29) is 17.0 Å². The average molecular weight is 307 g/mol. The van der Waals surface area contributed by atoms with E-state index >= 15 is 0 Å². The molecule has 0 saturated carbocycles. The maximum absolute atomic E-state index is 3.40. The molecule has 0 atom stereocenters. The van der Waals surface area contributed by atoms with Crippen LogP contribution in [0.25, 0.3) is 10.8 Å². The minimum Gasteiger partial charge on any atom is -0.314 e. The molecule has 1 fully saturated rings. The van der Waals surface area contributed by atoms with Crippen LogP contribution in [0.4, 0.5) is 0 Å². The number of hydrogen-bond acceptors (Lipinski definition) is 2. The molecule has 1 aliphatic rings. The van der Waals surface area contributed by atoms with Gasteiger partial charge in [0.15, 0.2) is 0 Å². The number of rotatable bonds is 2. The second kappa shape index (κ2) is 6.32. The number of piperazine rings is 1. The topological polar surface area (TPSA) is 15.3 Å². The van der Waals surface area contributed by atoms with Gasteiger partial charge in [-0.1, -0.05) is 42.5 Å². The van der Waals surface area contributed by atoms with Crippen molar-refractivity contribution in [3.8, 4) is 0 Å². The van der Waals surface area contributed by atoms with Crippen LogP contribution < -0.4 is 5.32 Å². The zero-order valence-corrected chi connectivity index (χ0v) is 12.1. The Bertz CT molecular complexity index is 501. The summed E-state index contributed by atoms with van der Waals surface area (Å²) in [4.78, 5) is 2.53. The maximum Gasteiger partial charge on any atom is 0.0240 e. The highest BCUT2D eigenvalue weighted by atomic mass is 79.9. The van der Waals surface area contributed by atoms with Crippen LogP contribution in [0.1, 0.15) is 5.56 Å². The lowest BCUT2D eigenvalue weighted by molar-refractivity contribution is 0.234. The molecule has 96 valence electrons. The van der Waals surface area contributed by atoms with Gasteiger partial charge in [0.25, 0.3) is 0 Å². The molecule has 0 bridgehead atoms. The molecule has 2 aromatic rings. The van der Waals surface area contributed by atoms with Crippen molar-refractivity contribution in [1.82, 2.24) is 10.2 Å². The summed E-state index contributed by atoms with van der Waals surface area (Å²) in [6.07, 6.45) is 0. The van der Waals surface area contributed by atoms with Crippen LogP contribution in [0.5, 0.6) is 0 Å². The summed E-state index contributed by atoms with van der Waals surface area (Å²) < 4.78 is 0. The normalized spacial score (nSPS) is 16.4. The maximum atomic E-state index is 3.40. The second-order valence-electron chi connectivity index (χ2n) is 4.66. The van der Waals surface area contributed by atoms with Gasteiger partial charge >= 0.3 is 0 Å². The smallest absolute Gasteiger partial charge is 0.0240 e. The summed E-state index contributed by atoms with van der Waals surface area (Å²) in [7, 11) is 0. The fourth-order valence-corrected chi connectivity index (χ4v) is 2.54. The number of benzene rings is 2. The molecule has 0 radical (unpaired) electrons. The predicted molar refractivity (Wildman–Crippen MR) is 82.4 cm³/mol. The van der Waals surface area contributed by atoms with Crippen molar-refractivity contribution in [3.05, 3.63) is 48.0 Å². The lowest BCUT2D eigenvalue weighted by Crippen LogP contribution is -2.42. The fraction of sp³-hybridized carbons (Fsp3) is 0.333. The molecule has 2 nitrogen and oxygen atoms in total. The van der Waals surface area contributed by atoms with Gasteiger partial charge in [-0.25, -0.2) is 0 Å². The van der Waals surface area contributed by atoms with E-state index in [4.69, 9.17) is 0 Å². The number of halogens is 1. The van der Waals surface area contributed by atoms with Crippen molar-refractivity contribution in [2.45, 2.75) is 6.54 Å². The molecule has 2 aromatic carbocycles. The third kappa shape index (κ3) is 2.91. The predicted octanol–water partition coefficient (Wildman–Crippen LogP) is 2.82. The number of fused-ring (bicyclic) bond motifs is 1. The van der Waals surface area contributed by atoms with E-state index in [9.17, 15) is 0 Å². The second-order valence-corrected chi connectivity index (χ2v) is 4.66. The summed E-state index contributed by atoms with van der Waals surface area (Å²) in [6, 6.07) is 15.3. The number of nitrogens with one attached hydrogen (secondary N) is 1. The third-order valence-corrected chi connectivity index (χ3v) is 3.48. The van der Waals surface area contributed by atoms with Crippen LogP contribution in [0.3, 0.4) is 0 Å².